The second-order valence-corrected chi connectivity index (χ2v) is 6.45. The van der Waals surface area contributed by atoms with Crippen molar-refractivity contribution in [2.45, 2.75) is 32.5 Å². The maximum absolute atomic E-state index is 12.2. The first-order valence-corrected chi connectivity index (χ1v) is 8.23. The van der Waals surface area contributed by atoms with E-state index in [4.69, 9.17) is 4.74 Å². The van der Waals surface area contributed by atoms with Gasteiger partial charge < -0.3 is 15.2 Å². The maximum Gasteiger partial charge on any atom is 0.261 e. The molecule has 2 heterocycles. The van der Waals surface area contributed by atoms with Gasteiger partial charge in [-0.1, -0.05) is 6.07 Å². The second kappa shape index (κ2) is 6.10. The molecule has 116 valence electrons. The molecule has 1 aliphatic rings. The number of fused-ring (bicyclic) bond motifs is 1. The molecule has 1 aliphatic heterocycles. The third-order valence-electron chi connectivity index (χ3n) is 4.04. The summed E-state index contributed by atoms with van der Waals surface area (Å²) in [5.74, 6) is 0.613. The zero-order valence-electron chi connectivity index (χ0n) is 12.6. The van der Waals surface area contributed by atoms with Crippen molar-refractivity contribution in [1.82, 2.24) is 5.32 Å². The minimum absolute atomic E-state index is 0.180. The largest absolute Gasteiger partial charge is 0.480 e. The first-order chi connectivity index (χ1) is 10.5. The fourth-order valence-electron chi connectivity index (χ4n) is 2.55. The van der Waals surface area contributed by atoms with Gasteiger partial charge in [-0.25, -0.2) is 0 Å². The second-order valence-electron chi connectivity index (χ2n) is 5.67. The van der Waals surface area contributed by atoms with E-state index in [9.17, 15) is 9.90 Å². The third-order valence-corrected chi connectivity index (χ3v) is 4.74. The van der Waals surface area contributed by atoms with Crippen LogP contribution in [-0.4, -0.2) is 23.7 Å². The zero-order valence-corrected chi connectivity index (χ0v) is 13.4. The fourth-order valence-corrected chi connectivity index (χ4v) is 3.26. The van der Waals surface area contributed by atoms with E-state index < -0.39 is 12.2 Å². The molecule has 2 atom stereocenters. The Morgan fingerprint density at radius 1 is 1.45 bits per heavy atom. The molecule has 5 heteroatoms. The van der Waals surface area contributed by atoms with Crippen LogP contribution in [0.1, 0.15) is 28.4 Å². The van der Waals surface area contributed by atoms with Crippen LogP contribution in [-0.2, 0) is 11.2 Å². The lowest BCUT2D eigenvalue weighted by Crippen LogP contribution is -2.39. The summed E-state index contributed by atoms with van der Waals surface area (Å²) in [6, 6.07) is 5.92. The summed E-state index contributed by atoms with van der Waals surface area (Å²) in [6.45, 7) is 4.29. The smallest absolute Gasteiger partial charge is 0.261 e. The van der Waals surface area contributed by atoms with Crippen molar-refractivity contribution < 1.29 is 14.6 Å². The summed E-state index contributed by atoms with van der Waals surface area (Å²) in [5, 5.41) is 16.5. The lowest BCUT2D eigenvalue weighted by atomic mass is 10.0. The van der Waals surface area contributed by atoms with Crippen LogP contribution >= 0.6 is 11.3 Å². The zero-order chi connectivity index (χ0) is 15.7. The van der Waals surface area contributed by atoms with Crippen molar-refractivity contribution in [2.75, 3.05) is 6.54 Å². The van der Waals surface area contributed by atoms with Crippen LogP contribution < -0.4 is 10.1 Å². The normalized spacial score (nSPS) is 17.7. The van der Waals surface area contributed by atoms with Gasteiger partial charge in [0, 0.05) is 13.0 Å². The number of aryl methyl sites for hydroxylation is 2. The molecule has 0 aliphatic carbocycles. The molecule has 22 heavy (non-hydrogen) atoms. The average molecular weight is 317 g/mol. The van der Waals surface area contributed by atoms with E-state index in [1.807, 2.05) is 29.8 Å². The van der Waals surface area contributed by atoms with Crippen molar-refractivity contribution >= 4 is 17.2 Å². The number of thiophene rings is 1. The van der Waals surface area contributed by atoms with Crippen LogP contribution in [0, 0.1) is 13.8 Å². The Hall–Kier alpha value is -1.85. The molecule has 0 radical (unpaired) electrons. The van der Waals surface area contributed by atoms with Gasteiger partial charge >= 0.3 is 0 Å². The third kappa shape index (κ3) is 3.00. The minimum Gasteiger partial charge on any atom is -0.480 e. The number of ether oxygens (including phenoxy) is 1. The van der Waals surface area contributed by atoms with Gasteiger partial charge in [-0.2, -0.15) is 11.3 Å². The Morgan fingerprint density at radius 3 is 2.95 bits per heavy atom. The van der Waals surface area contributed by atoms with E-state index in [1.165, 1.54) is 16.9 Å². The van der Waals surface area contributed by atoms with Crippen molar-refractivity contribution in [2.24, 2.45) is 0 Å². The lowest BCUT2D eigenvalue weighted by molar-refractivity contribution is -0.127. The molecule has 0 saturated heterocycles. The van der Waals surface area contributed by atoms with Gasteiger partial charge in [0.25, 0.3) is 5.91 Å². The number of aliphatic hydroxyl groups excluding tert-OH is 1. The Kier molecular flexibility index (Phi) is 4.18. The summed E-state index contributed by atoms with van der Waals surface area (Å²) in [4.78, 5) is 12.2. The molecule has 1 aromatic carbocycles. The van der Waals surface area contributed by atoms with Crippen LogP contribution in [0.25, 0.3) is 0 Å². The van der Waals surface area contributed by atoms with Gasteiger partial charge in [0.2, 0.25) is 0 Å². The number of hydrogen-bond acceptors (Lipinski definition) is 4. The number of carbonyl (C=O) groups is 1. The van der Waals surface area contributed by atoms with E-state index in [0.29, 0.717) is 6.42 Å². The molecular formula is C17H19NO3S. The minimum atomic E-state index is -0.677. The summed E-state index contributed by atoms with van der Waals surface area (Å²) in [7, 11) is 0. The monoisotopic (exact) mass is 317 g/mol. The van der Waals surface area contributed by atoms with Crippen LogP contribution in [0.5, 0.6) is 5.75 Å². The van der Waals surface area contributed by atoms with E-state index in [-0.39, 0.29) is 12.5 Å². The first-order valence-electron chi connectivity index (χ1n) is 7.29. The highest BCUT2D eigenvalue weighted by atomic mass is 32.1. The van der Waals surface area contributed by atoms with Gasteiger partial charge in [0.15, 0.2) is 6.10 Å². The van der Waals surface area contributed by atoms with Gasteiger partial charge in [-0.15, -0.1) is 0 Å². The maximum atomic E-state index is 12.2. The van der Waals surface area contributed by atoms with Crippen LogP contribution in [0.2, 0.25) is 0 Å². The number of rotatable bonds is 4. The summed E-state index contributed by atoms with van der Waals surface area (Å²) < 4.78 is 5.74. The number of nitrogens with one attached hydrogen (secondary N) is 1. The fraction of sp³-hybridized carbons (Fsp3) is 0.353. The van der Waals surface area contributed by atoms with E-state index >= 15 is 0 Å². The van der Waals surface area contributed by atoms with E-state index in [0.717, 1.165) is 22.4 Å². The average Bonchev–Trinajstić information content (AvgIpc) is 3.14. The molecule has 0 saturated carbocycles. The molecule has 0 spiro atoms. The van der Waals surface area contributed by atoms with Gasteiger partial charge in [0.1, 0.15) is 5.75 Å². The highest BCUT2D eigenvalue weighted by molar-refractivity contribution is 7.07. The number of aliphatic hydroxyl groups is 1. The molecule has 0 bridgehead atoms. The number of amides is 1. The first kappa shape index (κ1) is 15.1. The molecule has 2 aromatic rings. The quantitative estimate of drug-likeness (QED) is 0.911. The van der Waals surface area contributed by atoms with Crippen molar-refractivity contribution in [3.8, 4) is 5.75 Å². The molecule has 2 N–H and O–H groups in total. The molecule has 4 nitrogen and oxygen atoms in total. The van der Waals surface area contributed by atoms with Crippen molar-refractivity contribution in [3.05, 3.63) is 51.2 Å². The molecule has 3 rings (SSSR count). The molecule has 0 fully saturated rings. The molecule has 1 amide bonds. The predicted octanol–water partition coefficient (Wildman–Crippen LogP) is 2.52. The topological polar surface area (TPSA) is 58.6 Å². The summed E-state index contributed by atoms with van der Waals surface area (Å²) in [5.41, 5.74) is 4.26. The molecular weight excluding hydrogens is 298 g/mol. The van der Waals surface area contributed by atoms with Crippen LogP contribution in [0.15, 0.2) is 29.0 Å². The Balaban J connectivity index is 1.58. The Bertz CT molecular complexity index is 650. The highest BCUT2D eigenvalue weighted by Gasteiger charge is 2.29. The summed E-state index contributed by atoms with van der Waals surface area (Å²) in [6.07, 6.45) is -0.606. The predicted molar refractivity (Wildman–Crippen MR) is 86.3 cm³/mol. The Labute approximate surface area is 133 Å². The highest BCUT2D eigenvalue weighted by Crippen LogP contribution is 2.31. The lowest BCUT2D eigenvalue weighted by Gasteiger charge is -2.14. The van der Waals surface area contributed by atoms with Crippen molar-refractivity contribution in [3.63, 3.8) is 0 Å². The molecule has 1 aromatic heterocycles. The van der Waals surface area contributed by atoms with E-state index in [2.05, 4.69) is 18.3 Å². The standard InChI is InChI=1S/C17H19NO3S/c1-10-5-13-7-16(21-15(13)6-11(10)2)17(20)18-8-14(19)12-3-4-22-9-12/h3-6,9,14,16,19H,7-8H2,1-2H3,(H,18,20). The van der Waals surface area contributed by atoms with Gasteiger partial charge in [-0.05, 0) is 59.0 Å². The van der Waals surface area contributed by atoms with E-state index in [1.54, 1.807) is 0 Å². The summed E-state index contributed by atoms with van der Waals surface area (Å²) >= 11 is 1.52. The SMILES string of the molecule is Cc1cc2c(cc1C)OC(C(=O)NCC(O)c1ccsc1)C2. The molecule has 2 unspecified atom stereocenters. The number of benzene rings is 1. The van der Waals surface area contributed by atoms with Crippen LogP contribution in [0.4, 0.5) is 0 Å². The van der Waals surface area contributed by atoms with Gasteiger partial charge in [-0.3, -0.25) is 4.79 Å². The van der Waals surface area contributed by atoms with Crippen molar-refractivity contribution in [1.29, 1.82) is 0 Å². The van der Waals surface area contributed by atoms with Gasteiger partial charge in [0.05, 0.1) is 6.10 Å². The number of hydrogen-bond donors (Lipinski definition) is 2. The van der Waals surface area contributed by atoms with Crippen LogP contribution in [0.3, 0.4) is 0 Å². The Morgan fingerprint density at radius 2 is 2.23 bits per heavy atom. The number of carbonyl (C=O) groups excluding carboxylic acids is 1.